The van der Waals surface area contributed by atoms with Crippen molar-refractivity contribution < 1.29 is 4.79 Å². The van der Waals surface area contributed by atoms with Crippen molar-refractivity contribution in [3.63, 3.8) is 0 Å². The summed E-state index contributed by atoms with van der Waals surface area (Å²) in [5, 5.41) is 0. The van der Waals surface area contributed by atoms with Gasteiger partial charge in [-0.1, -0.05) is 19.1 Å². The molecule has 0 aliphatic carbocycles. The minimum Gasteiger partial charge on any atom is -0.393 e. The fourth-order valence-electron chi connectivity index (χ4n) is 1.98. The summed E-state index contributed by atoms with van der Waals surface area (Å²) in [6.45, 7) is 6.86. The lowest BCUT2D eigenvalue weighted by atomic mass is 10.1. The second-order valence-electron chi connectivity index (χ2n) is 4.30. The highest BCUT2D eigenvalue weighted by atomic mass is 32.1. The third-order valence-corrected chi connectivity index (χ3v) is 3.22. The van der Waals surface area contributed by atoms with Crippen LogP contribution in [0.4, 0.5) is 0 Å². The van der Waals surface area contributed by atoms with Crippen LogP contribution in [0.5, 0.6) is 0 Å². The molecule has 3 atom stereocenters. The largest absolute Gasteiger partial charge is 0.393 e. The van der Waals surface area contributed by atoms with Gasteiger partial charge in [0, 0.05) is 12.6 Å². The Bertz CT molecular complexity index is 255. The number of hydrogen-bond donors (Lipinski definition) is 1. The van der Waals surface area contributed by atoms with Gasteiger partial charge in [-0.05, 0) is 26.2 Å². The van der Waals surface area contributed by atoms with Gasteiger partial charge in [0.25, 0.3) is 0 Å². The molecule has 0 aromatic heterocycles. The Kier molecular flexibility index (Phi) is 3.48. The van der Waals surface area contributed by atoms with E-state index in [0.717, 1.165) is 13.0 Å². The van der Waals surface area contributed by atoms with Gasteiger partial charge in [-0.2, -0.15) is 0 Å². The molecule has 1 rings (SSSR count). The number of nitrogens with two attached hydrogens (primary N) is 1. The summed E-state index contributed by atoms with van der Waals surface area (Å²) in [6, 6.07) is 0.328. The SMILES string of the molecule is CC1CC(C)N(C(=O)C(C)C(N)=S)C1. The van der Waals surface area contributed by atoms with Gasteiger partial charge in [-0.25, -0.2) is 0 Å². The van der Waals surface area contributed by atoms with E-state index >= 15 is 0 Å². The highest BCUT2D eigenvalue weighted by Gasteiger charge is 2.32. The topological polar surface area (TPSA) is 46.3 Å². The highest BCUT2D eigenvalue weighted by Crippen LogP contribution is 2.23. The van der Waals surface area contributed by atoms with Crippen molar-refractivity contribution >= 4 is 23.1 Å². The van der Waals surface area contributed by atoms with Crippen LogP contribution in [0, 0.1) is 11.8 Å². The van der Waals surface area contributed by atoms with E-state index in [2.05, 4.69) is 13.8 Å². The molecular formula is C10H18N2OS. The number of carbonyl (C=O) groups excluding carboxylic acids is 1. The molecule has 2 N–H and O–H groups in total. The fraction of sp³-hybridized carbons (Fsp3) is 0.800. The molecule has 4 heteroatoms. The molecule has 1 aliphatic rings. The summed E-state index contributed by atoms with van der Waals surface area (Å²) in [5.41, 5.74) is 5.47. The van der Waals surface area contributed by atoms with Gasteiger partial charge < -0.3 is 10.6 Å². The van der Waals surface area contributed by atoms with E-state index in [9.17, 15) is 4.79 Å². The van der Waals surface area contributed by atoms with Crippen molar-refractivity contribution in [1.29, 1.82) is 0 Å². The fourth-order valence-corrected chi connectivity index (χ4v) is 2.08. The molecule has 80 valence electrons. The molecule has 1 amide bonds. The molecule has 3 unspecified atom stereocenters. The van der Waals surface area contributed by atoms with Crippen LogP contribution in [0.3, 0.4) is 0 Å². The number of carbonyl (C=O) groups is 1. The summed E-state index contributed by atoms with van der Waals surface area (Å²) in [4.78, 5) is 14.1. The maximum Gasteiger partial charge on any atom is 0.232 e. The van der Waals surface area contributed by atoms with E-state index in [4.69, 9.17) is 18.0 Å². The second-order valence-corrected chi connectivity index (χ2v) is 4.78. The Labute approximate surface area is 90.6 Å². The highest BCUT2D eigenvalue weighted by molar-refractivity contribution is 7.80. The van der Waals surface area contributed by atoms with E-state index in [1.807, 2.05) is 4.90 Å². The molecule has 0 radical (unpaired) electrons. The van der Waals surface area contributed by atoms with Gasteiger partial charge >= 0.3 is 0 Å². The smallest absolute Gasteiger partial charge is 0.232 e. The lowest BCUT2D eigenvalue weighted by Gasteiger charge is -2.24. The zero-order chi connectivity index (χ0) is 10.9. The van der Waals surface area contributed by atoms with Crippen LogP contribution < -0.4 is 5.73 Å². The standard InChI is InChI=1S/C10H18N2OS/c1-6-4-7(2)12(5-6)10(13)8(3)9(11)14/h6-8H,4-5H2,1-3H3,(H2,11,14). The molecule has 0 saturated carbocycles. The number of thiocarbonyl (C=S) groups is 1. The van der Waals surface area contributed by atoms with Crippen LogP contribution in [0.1, 0.15) is 27.2 Å². The van der Waals surface area contributed by atoms with Gasteiger partial charge in [0.2, 0.25) is 5.91 Å². The average molecular weight is 214 g/mol. The molecule has 0 aromatic rings. The molecule has 1 heterocycles. The monoisotopic (exact) mass is 214 g/mol. The van der Waals surface area contributed by atoms with Crippen LogP contribution in [-0.2, 0) is 4.79 Å². The van der Waals surface area contributed by atoms with Gasteiger partial charge in [-0.3, -0.25) is 4.79 Å². The van der Waals surface area contributed by atoms with Crippen LogP contribution in [-0.4, -0.2) is 28.4 Å². The number of likely N-dealkylation sites (tertiary alicyclic amines) is 1. The molecule has 0 bridgehead atoms. The van der Waals surface area contributed by atoms with E-state index in [0.29, 0.717) is 16.9 Å². The Morgan fingerprint density at radius 3 is 2.50 bits per heavy atom. The normalized spacial score (nSPS) is 28.9. The number of rotatable bonds is 2. The first-order valence-electron chi connectivity index (χ1n) is 5.03. The van der Waals surface area contributed by atoms with Crippen molar-refractivity contribution in [3.8, 4) is 0 Å². The summed E-state index contributed by atoms with van der Waals surface area (Å²) >= 11 is 4.83. The van der Waals surface area contributed by atoms with E-state index in [1.165, 1.54) is 0 Å². The van der Waals surface area contributed by atoms with Gasteiger partial charge in [0.1, 0.15) is 0 Å². The van der Waals surface area contributed by atoms with Gasteiger partial charge in [0.05, 0.1) is 10.9 Å². The maximum absolute atomic E-state index is 11.9. The summed E-state index contributed by atoms with van der Waals surface area (Å²) in [5.74, 6) is 0.347. The molecule has 1 saturated heterocycles. The summed E-state index contributed by atoms with van der Waals surface area (Å²) in [7, 11) is 0. The van der Waals surface area contributed by atoms with Crippen LogP contribution in [0.15, 0.2) is 0 Å². The first-order chi connectivity index (χ1) is 6.43. The molecule has 0 spiro atoms. The molecular weight excluding hydrogens is 196 g/mol. The van der Waals surface area contributed by atoms with Crippen molar-refractivity contribution in [2.75, 3.05) is 6.54 Å². The number of hydrogen-bond acceptors (Lipinski definition) is 2. The molecule has 14 heavy (non-hydrogen) atoms. The zero-order valence-electron chi connectivity index (χ0n) is 8.99. The van der Waals surface area contributed by atoms with Gasteiger partial charge in [-0.15, -0.1) is 0 Å². The summed E-state index contributed by atoms with van der Waals surface area (Å²) < 4.78 is 0. The molecule has 1 aliphatic heterocycles. The predicted molar refractivity (Wildman–Crippen MR) is 60.9 cm³/mol. The Morgan fingerprint density at radius 2 is 2.14 bits per heavy atom. The molecule has 3 nitrogen and oxygen atoms in total. The second kappa shape index (κ2) is 4.26. The number of nitrogens with zero attached hydrogens (tertiary/aromatic N) is 1. The predicted octanol–water partition coefficient (Wildman–Crippen LogP) is 1.17. The third kappa shape index (κ3) is 2.23. The lowest BCUT2D eigenvalue weighted by Crippen LogP contribution is -2.41. The van der Waals surface area contributed by atoms with E-state index in [1.54, 1.807) is 6.92 Å². The average Bonchev–Trinajstić information content (AvgIpc) is 2.42. The maximum atomic E-state index is 11.9. The first kappa shape index (κ1) is 11.4. The quantitative estimate of drug-likeness (QED) is 0.702. The minimum atomic E-state index is -0.322. The van der Waals surface area contributed by atoms with Crippen molar-refractivity contribution in [2.24, 2.45) is 17.6 Å². The van der Waals surface area contributed by atoms with E-state index < -0.39 is 0 Å². The van der Waals surface area contributed by atoms with E-state index in [-0.39, 0.29) is 11.8 Å². The zero-order valence-corrected chi connectivity index (χ0v) is 9.80. The number of amides is 1. The van der Waals surface area contributed by atoms with Gasteiger partial charge in [0.15, 0.2) is 0 Å². The first-order valence-corrected chi connectivity index (χ1v) is 5.44. The minimum absolute atomic E-state index is 0.0781. The lowest BCUT2D eigenvalue weighted by molar-refractivity contribution is -0.133. The van der Waals surface area contributed by atoms with Crippen LogP contribution in [0.2, 0.25) is 0 Å². The molecule has 1 fully saturated rings. The van der Waals surface area contributed by atoms with Crippen LogP contribution >= 0.6 is 12.2 Å². The van der Waals surface area contributed by atoms with Crippen molar-refractivity contribution in [2.45, 2.75) is 33.2 Å². The third-order valence-electron chi connectivity index (χ3n) is 2.86. The Balaban J connectivity index is 2.65. The summed E-state index contributed by atoms with van der Waals surface area (Å²) in [6.07, 6.45) is 1.08. The Hall–Kier alpha value is -0.640. The van der Waals surface area contributed by atoms with Crippen molar-refractivity contribution in [1.82, 2.24) is 4.90 Å². The molecule has 0 aromatic carbocycles. The Morgan fingerprint density at radius 1 is 1.57 bits per heavy atom. The van der Waals surface area contributed by atoms with Crippen molar-refractivity contribution in [3.05, 3.63) is 0 Å². The van der Waals surface area contributed by atoms with Crippen LogP contribution in [0.25, 0.3) is 0 Å².